The van der Waals surface area contributed by atoms with E-state index in [1.165, 1.54) is 6.07 Å². The molecule has 0 bridgehead atoms. The number of rotatable bonds is 6. The van der Waals surface area contributed by atoms with E-state index in [1.54, 1.807) is 12.3 Å². The zero-order chi connectivity index (χ0) is 13.7. The van der Waals surface area contributed by atoms with Gasteiger partial charge in [-0.15, -0.1) is 0 Å². The molecule has 2 unspecified atom stereocenters. The third-order valence-corrected chi connectivity index (χ3v) is 3.14. The van der Waals surface area contributed by atoms with Gasteiger partial charge in [-0.25, -0.2) is 4.39 Å². The van der Waals surface area contributed by atoms with Gasteiger partial charge in [-0.3, -0.25) is 0 Å². The van der Waals surface area contributed by atoms with Crippen LogP contribution in [-0.4, -0.2) is 12.1 Å². The van der Waals surface area contributed by atoms with Crippen LogP contribution in [0.5, 0.6) is 0 Å². The maximum atomic E-state index is 13.5. The van der Waals surface area contributed by atoms with Gasteiger partial charge in [0.2, 0.25) is 0 Å². The second kappa shape index (κ2) is 6.53. The Balaban J connectivity index is 1.84. The van der Waals surface area contributed by atoms with Gasteiger partial charge in [0, 0.05) is 18.5 Å². The Morgan fingerprint density at radius 2 is 1.79 bits per heavy atom. The fourth-order valence-corrected chi connectivity index (χ4v) is 2.33. The van der Waals surface area contributed by atoms with Gasteiger partial charge in [0.1, 0.15) is 11.6 Å². The largest absolute Gasteiger partial charge is 0.469 e. The maximum Gasteiger partial charge on any atom is 0.126 e. The molecule has 0 aliphatic heterocycles. The van der Waals surface area contributed by atoms with Crippen molar-refractivity contribution in [3.63, 3.8) is 0 Å². The fraction of sp³-hybridized carbons (Fsp3) is 0.375. The number of nitrogens with one attached hydrogen (secondary N) is 1. The molecule has 0 amide bonds. The van der Waals surface area contributed by atoms with E-state index in [1.807, 2.05) is 24.3 Å². The van der Waals surface area contributed by atoms with E-state index in [4.69, 9.17) is 4.42 Å². The number of benzene rings is 1. The summed E-state index contributed by atoms with van der Waals surface area (Å²) in [4.78, 5) is 0. The van der Waals surface area contributed by atoms with Crippen LogP contribution in [0.25, 0.3) is 0 Å². The Hall–Kier alpha value is -1.61. The van der Waals surface area contributed by atoms with Gasteiger partial charge < -0.3 is 9.73 Å². The summed E-state index contributed by atoms with van der Waals surface area (Å²) in [6, 6.07) is 11.3. The molecule has 19 heavy (non-hydrogen) atoms. The molecular weight excluding hydrogens is 241 g/mol. The Morgan fingerprint density at radius 3 is 2.47 bits per heavy atom. The predicted molar refractivity (Wildman–Crippen MR) is 74.6 cm³/mol. The van der Waals surface area contributed by atoms with Crippen molar-refractivity contribution >= 4 is 0 Å². The highest BCUT2D eigenvalue weighted by Gasteiger charge is 2.11. The van der Waals surface area contributed by atoms with Crippen LogP contribution in [0, 0.1) is 5.82 Å². The smallest absolute Gasteiger partial charge is 0.126 e. The normalized spacial score (nSPS) is 14.3. The second-order valence-corrected chi connectivity index (χ2v) is 5.05. The molecule has 0 aliphatic rings. The molecule has 0 aliphatic carbocycles. The highest BCUT2D eigenvalue weighted by atomic mass is 19.1. The molecule has 0 saturated carbocycles. The first-order chi connectivity index (χ1) is 9.15. The van der Waals surface area contributed by atoms with Crippen molar-refractivity contribution in [3.05, 3.63) is 59.8 Å². The lowest BCUT2D eigenvalue weighted by Gasteiger charge is -2.19. The summed E-state index contributed by atoms with van der Waals surface area (Å²) in [6.07, 6.45) is 3.22. The number of furan rings is 1. The van der Waals surface area contributed by atoms with Crippen LogP contribution in [0.3, 0.4) is 0 Å². The predicted octanol–water partition coefficient (Wildman–Crippen LogP) is 3.57. The molecule has 2 nitrogen and oxygen atoms in total. The average Bonchev–Trinajstić information content (AvgIpc) is 2.84. The van der Waals surface area contributed by atoms with Gasteiger partial charge in [0.05, 0.1) is 6.26 Å². The van der Waals surface area contributed by atoms with Crippen LogP contribution < -0.4 is 5.32 Å². The topological polar surface area (TPSA) is 25.2 Å². The molecule has 0 fully saturated rings. The quantitative estimate of drug-likeness (QED) is 0.860. The summed E-state index contributed by atoms with van der Waals surface area (Å²) in [6.45, 7) is 4.19. The Bertz CT molecular complexity index is 495. The van der Waals surface area contributed by atoms with Crippen LogP contribution in [0.4, 0.5) is 4.39 Å². The van der Waals surface area contributed by atoms with Gasteiger partial charge in [0.15, 0.2) is 0 Å². The monoisotopic (exact) mass is 261 g/mol. The molecule has 2 rings (SSSR count). The third kappa shape index (κ3) is 4.21. The van der Waals surface area contributed by atoms with E-state index in [0.717, 1.165) is 17.7 Å². The minimum atomic E-state index is -0.130. The molecule has 0 saturated heterocycles. The summed E-state index contributed by atoms with van der Waals surface area (Å²) in [5.74, 6) is 0.841. The zero-order valence-electron chi connectivity index (χ0n) is 11.4. The maximum absolute atomic E-state index is 13.5. The van der Waals surface area contributed by atoms with Crippen LogP contribution in [0.1, 0.15) is 25.2 Å². The van der Waals surface area contributed by atoms with E-state index in [2.05, 4.69) is 19.2 Å². The van der Waals surface area contributed by atoms with Crippen LogP contribution in [0.15, 0.2) is 47.1 Å². The van der Waals surface area contributed by atoms with Crippen molar-refractivity contribution in [1.29, 1.82) is 0 Å². The molecule has 0 radical (unpaired) electrons. The Kier molecular flexibility index (Phi) is 4.74. The van der Waals surface area contributed by atoms with E-state index in [0.29, 0.717) is 12.5 Å². The first-order valence-corrected chi connectivity index (χ1v) is 6.67. The molecule has 1 aromatic heterocycles. The molecule has 1 aromatic carbocycles. The fourth-order valence-electron chi connectivity index (χ4n) is 2.33. The summed E-state index contributed by atoms with van der Waals surface area (Å²) < 4.78 is 18.9. The van der Waals surface area contributed by atoms with Gasteiger partial charge >= 0.3 is 0 Å². The van der Waals surface area contributed by atoms with Crippen LogP contribution in [0.2, 0.25) is 0 Å². The minimum absolute atomic E-state index is 0.130. The first-order valence-electron chi connectivity index (χ1n) is 6.67. The number of hydrogen-bond donors (Lipinski definition) is 1. The van der Waals surface area contributed by atoms with Crippen molar-refractivity contribution in [2.45, 2.75) is 38.8 Å². The number of hydrogen-bond acceptors (Lipinski definition) is 2. The molecular formula is C16H20FNO. The second-order valence-electron chi connectivity index (χ2n) is 5.05. The minimum Gasteiger partial charge on any atom is -0.469 e. The summed E-state index contributed by atoms with van der Waals surface area (Å²) in [5, 5.41) is 3.47. The summed E-state index contributed by atoms with van der Waals surface area (Å²) in [7, 11) is 0. The van der Waals surface area contributed by atoms with Gasteiger partial charge in [0.25, 0.3) is 0 Å². The van der Waals surface area contributed by atoms with E-state index >= 15 is 0 Å². The molecule has 1 N–H and O–H groups in total. The molecule has 3 heteroatoms. The van der Waals surface area contributed by atoms with Crippen molar-refractivity contribution in [3.8, 4) is 0 Å². The highest BCUT2D eigenvalue weighted by molar-refractivity contribution is 5.18. The molecule has 1 heterocycles. The summed E-state index contributed by atoms with van der Waals surface area (Å²) in [5.41, 5.74) is 0.757. The van der Waals surface area contributed by atoms with E-state index in [-0.39, 0.29) is 11.9 Å². The molecule has 2 atom stereocenters. The standard InChI is InChI=1S/C16H20FNO/c1-12(10-14-6-3-4-8-16(14)17)18-13(2)11-15-7-5-9-19-15/h3-9,12-13,18H,10-11H2,1-2H3. The number of halogens is 1. The van der Waals surface area contributed by atoms with Gasteiger partial charge in [-0.05, 0) is 44.0 Å². The van der Waals surface area contributed by atoms with E-state index < -0.39 is 0 Å². The van der Waals surface area contributed by atoms with Gasteiger partial charge in [-0.2, -0.15) is 0 Å². The summed E-state index contributed by atoms with van der Waals surface area (Å²) >= 11 is 0. The first kappa shape index (κ1) is 13.8. The zero-order valence-corrected chi connectivity index (χ0v) is 11.4. The van der Waals surface area contributed by atoms with Crippen molar-refractivity contribution in [2.75, 3.05) is 0 Å². The lowest BCUT2D eigenvalue weighted by atomic mass is 10.1. The van der Waals surface area contributed by atoms with Crippen molar-refractivity contribution in [1.82, 2.24) is 5.32 Å². The van der Waals surface area contributed by atoms with Crippen molar-refractivity contribution in [2.24, 2.45) is 0 Å². The SMILES string of the molecule is CC(Cc1ccco1)NC(C)Cc1ccccc1F. The molecule has 0 spiro atoms. The van der Waals surface area contributed by atoms with Crippen LogP contribution in [-0.2, 0) is 12.8 Å². The highest BCUT2D eigenvalue weighted by Crippen LogP contribution is 2.10. The van der Waals surface area contributed by atoms with E-state index in [9.17, 15) is 4.39 Å². The third-order valence-electron chi connectivity index (χ3n) is 3.14. The lowest BCUT2D eigenvalue weighted by Crippen LogP contribution is -2.37. The van der Waals surface area contributed by atoms with Gasteiger partial charge in [-0.1, -0.05) is 18.2 Å². The average molecular weight is 261 g/mol. The van der Waals surface area contributed by atoms with Crippen LogP contribution >= 0.6 is 0 Å². The lowest BCUT2D eigenvalue weighted by molar-refractivity contribution is 0.419. The van der Waals surface area contributed by atoms with Crippen molar-refractivity contribution < 1.29 is 8.81 Å². The Morgan fingerprint density at radius 1 is 1.05 bits per heavy atom. The molecule has 102 valence electrons. The Labute approximate surface area is 113 Å². The molecule has 2 aromatic rings.